The predicted octanol–water partition coefficient (Wildman–Crippen LogP) is 15.2. The van der Waals surface area contributed by atoms with Crippen LogP contribution in [0.25, 0.3) is 121 Å². The number of nitrogens with zero attached hydrogens (tertiary/aromatic N) is 4. The van der Waals surface area contributed by atoms with Gasteiger partial charge >= 0.3 is 0 Å². The van der Waals surface area contributed by atoms with E-state index in [1.807, 2.05) is 0 Å². The lowest BCUT2D eigenvalue weighted by Gasteiger charge is -2.17. The van der Waals surface area contributed by atoms with Gasteiger partial charge in [-0.2, -0.15) is 0 Å². The van der Waals surface area contributed by atoms with E-state index in [1.165, 1.54) is 98.0 Å². The predicted molar refractivity (Wildman–Crippen MR) is 261 cm³/mol. The number of para-hydroxylation sites is 6. The fourth-order valence-electron chi connectivity index (χ4n) is 10.8. The van der Waals surface area contributed by atoms with Gasteiger partial charge in [0.05, 0.1) is 22.1 Å². The van der Waals surface area contributed by atoms with Crippen molar-refractivity contribution < 1.29 is 0 Å². The van der Waals surface area contributed by atoms with Gasteiger partial charge in [0, 0.05) is 55.1 Å². The summed E-state index contributed by atoms with van der Waals surface area (Å²) < 4.78 is 9.84. The average Bonchev–Trinajstić information content (AvgIpc) is 4.06. The van der Waals surface area contributed by atoms with Gasteiger partial charge in [-0.3, -0.25) is 18.3 Å². The van der Waals surface area contributed by atoms with E-state index < -0.39 is 0 Å². The molecule has 0 spiro atoms. The highest BCUT2D eigenvalue weighted by molar-refractivity contribution is 6.27. The van der Waals surface area contributed by atoms with Gasteiger partial charge in [-0.05, 0) is 105 Å². The smallest absolute Gasteiger partial charge is 0.131 e. The lowest BCUT2D eigenvalue weighted by Crippen LogP contribution is -2.02. The highest BCUT2D eigenvalue weighted by Gasteiger charge is 2.24. The Bertz CT molecular complexity index is 3850. The lowest BCUT2D eigenvalue weighted by atomic mass is 9.93. The molecule has 0 aliphatic carbocycles. The Kier molecular flexibility index (Phi) is 6.80. The summed E-state index contributed by atoms with van der Waals surface area (Å²) in [6, 6.07) is 80.1. The molecule has 0 saturated heterocycles. The molecule has 0 unspecified atom stereocenters. The molecule has 288 valence electrons. The second kappa shape index (κ2) is 12.6. The molecule has 62 heavy (non-hydrogen) atoms. The highest BCUT2D eigenvalue weighted by atomic mass is 15.1. The standard InChI is InChI=1S/C58H36N4/c1-3-17-37(18-4-1)59-51-27-13-9-23-45(51)55-47-25-11-15-29-53(47)61(57(55)59)39-31-33-43-44-34-32-40(36-50(44)42-22-8-7-21-41(42)49(43)35-39)62-54-30-16-12-26-48(54)56-46-24-10-14-28-52(46)60(58(56)62)38-19-5-2-6-20-38/h1-36H. The minimum absolute atomic E-state index is 1.14. The van der Waals surface area contributed by atoms with Gasteiger partial charge in [-0.1, -0.05) is 146 Å². The first-order valence-electron chi connectivity index (χ1n) is 21.4. The largest absolute Gasteiger partial charge is 0.295 e. The van der Waals surface area contributed by atoms with Gasteiger partial charge in [0.15, 0.2) is 0 Å². The van der Waals surface area contributed by atoms with E-state index in [-0.39, 0.29) is 0 Å². The molecule has 4 heteroatoms. The van der Waals surface area contributed by atoms with Crippen LogP contribution in [-0.4, -0.2) is 18.3 Å². The summed E-state index contributed by atoms with van der Waals surface area (Å²) >= 11 is 0. The van der Waals surface area contributed by atoms with Crippen molar-refractivity contribution >= 4 is 98.0 Å². The number of benzene rings is 10. The number of hydrogen-bond acceptors (Lipinski definition) is 0. The van der Waals surface area contributed by atoms with E-state index in [0.717, 1.165) is 22.7 Å². The quantitative estimate of drug-likeness (QED) is 0.158. The van der Waals surface area contributed by atoms with Crippen LogP contribution < -0.4 is 0 Å². The first-order chi connectivity index (χ1) is 30.8. The molecule has 0 N–H and O–H groups in total. The van der Waals surface area contributed by atoms with Crippen molar-refractivity contribution in [2.24, 2.45) is 0 Å². The number of aromatic nitrogens is 4. The molecule has 0 aliphatic heterocycles. The van der Waals surface area contributed by atoms with E-state index in [4.69, 9.17) is 0 Å². The van der Waals surface area contributed by atoms with E-state index in [0.29, 0.717) is 0 Å². The molecule has 14 aromatic rings. The van der Waals surface area contributed by atoms with Crippen molar-refractivity contribution in [1.29, 1.82) is 0 Å². The molecule has 10 aromatic carbocycles. The van der Waals surface area contributed by atoms with Crippen molar-refractivity contribution in [3.8, 4) is 22.7 Å². The SMILES string of the molecule is c1ccc(-n2c3ccccc3c3c4ccccc4n(-c4ccc5c6ccc(-n7c8ccccc8c8c9ccccc9n(-c9ccccc9)c87)cc6c6ccccc6c5c4)c32)cc1. The maximum absolute atomic E-state index is 2.48. The minimum atomic E-state index is 1.14. The summed E-state index contributed by atoms with van der Waals surface area (Å²) in [5.74, 6) is 0. The van der Waals surface area contributed by atoms with Crippen LogP contribution in [0.15, 0.2) is 218 Å². The summed E-state index contributed by atoms with van der Waals surface area (Å²) in [6.07, 6.45) is 0. The Morgan fingerprint density at radius 3 is 0.823 bits per heavy atom. The second-order valence-corrected chi connectivity index (χ2v) is 16.5. The lowest BCUT2D eigenvalue weighted by molar-refractivity contribution is 1.07. The van der Waals surface area contributed by atoms with Gasteiger partial charge in [0.25, 0.3) is 0 Å². The second-order valence-electron chi connectivity index (χ2n) is 16.5. The minimum Gasteiger partial charge on any atom is -0.295 e. The highest BCUT2D eigenvalue weighted by Crippen LogP contribution is 2.45. The van der Waals surface area contributed by atoms with Crippen LogP contribution in [0.2, 0.25) is 0 Å². The van der Waals surface area contributed by atoms with Crippen LogP contribution in [0.5, 0.6) is 0 Å². The Balaban J connectivity index is 1.05. The van der Waals surface area contributed by atoms with Crippen molar-refractivity contribution in [3.63, 3.8) is 0 Å². The van der Waals surface area contributed by atoms with Crippen LogP contribution in [-0.2, 0) is 0 Å². The molecule has 4 heterocycles. The zero-order valence-electron chi connectivity index (χ0n) is 33.6. The maximum Gasteiger partial charge on any atom is 0.131 e. The third kappa shape index (κ3) is 4.45. The van der Waals surface area contributed by atoms with Gasteiger partial charge < -0.3 is 0 Å². The third-order valence-corrected chi connectivity index (χ3v) is 13.3. The number of rotatable bonds is 4. The Labute approximate surface area is 355 Å². The first-order valence-corrected chi connectivity index (χ1v) is 21.4. The Hall–Kier alpha value is -8.34. The van der Waals surface area contributed by atoms with Crippen LogP contribution >= 0.6 is 0 Å². The van der Waals surface area contributed by atoms with E-state index in [1.54, 1.807) is 0 Å². The van der Waals surface area contributed by atoms with E-state index in [9.17, 15) is 0 Å². The van der Waals surface area contributed by atoms with Gasteiger partial charge in [0.1, 0.15) is 11.3 Å². The number of hydrogen-bond donors (Lipinski definition) is 0. The summed E-state index contributed by atoms with van der Waals surface area (Å²) in [7, 11) is 0. The zero-order chi connectivity index (χ0) is 40.5. The summed E-state index contributed by atoms with van der Waals surface area (Å²) in [5.41, 5.74) is 11.7. The van der Waals surface area contributed by atoms with Crippen molar-refractivity contribution in [2.75, 3.05) is 0 Å². The third-order valence-electron chi connectivity index (χ3n) is 13.3. The molecule has 0 aliphatic rings. The van der Waals surface area contributed by atoms with Crippen LogP contribution in [0, 0.1) is 0 Å². The zero-order valence-corrected chi connectivity index (χ0v) is 33.6. The summed E-state index contributed by atoms with van der Waals surface area (Å²) in [4.78, 5) is 0. The van der Waals surface area contributed by atoms with E-state index in [2.05, 4.69) is 237 Å². The summed E-state index contributed by atoms with van der Waals surface area (Å²) in [5, 5.41) is 15.0. The Morgan fingerprint density at radius 1 is 0.194 bits per heavy atom. The molecule has 0 amide bonds. The monoisotopic (exact) mass is 788 g/mol. The first kappa shape index (κ1) is 33.5. The molecule has 0 saturated carbocycles. The fraction of sp³-hybridized carbons (Fsp3) is 0. The molecule has 4 nitrogen and oxygen atoms in total. The van der Waals surface area contributed by atoms with Crippen molar-refractivity contribution in [1.82, 2.24) is 18.3 Å². The van der Waals surface area contributed by atoms with Crippen LogP contribution in [0.4, 0.5) is 0 Å². The average molecular weight is 789 g/mol. The molecular formula is C58H36N4. The molecule has 4 aromatic heterocycles. The normalized spacial score (nSPS) is 12.2. The molecule has 0 bridgehead atoms. The molecule has 0 radical (unpaired) electrons. The molecule has 0 atom stereocenters. The number of fused-ring (bicyclic) bond motifs is 16. The van der Waals surface area contributed by atoms with Gasteiger partial charge in [0.2, 0.25) is 0 Å². The van der Waals surface area contributed by atoms with Crippen LogP contribution in [0.3, 0.4) is 0 Å². The van der Waals surface area contributed by atoms with Gasteiger partial charge in [-0.15, -0.1) is 0 Å². The van der Waals surface area contributed by atoms with Crippen molar-refractivity contribution in [2.45, 2.75) is 0 Å². The van der Waals surface area contributed by atoms with Gasteiger partial charge in [-0.25, -0.2) is 0 Å². The Morgan fingerprint density at radius 2 is 0.468 bits per heavy atom. The molecule has 0 fully saturated rings. The van der Waals surface area contributed by atoms with Crippen LogP contribution in [0.1, 0.15) is 0 Å². The molecular weight excluding hydrogens is 753 g/mol. The van der Waals surface area contributed by atoms with E-state index >= 15 is 0 Å². The van der Waals surface area contributed by atoms with Crippen molar-refractivity contribution in [3.05, 3.63) is 218 Å². The molecule has 14 rings (SSSR count). The topological polar surface area (TPSA) is 19.7 Å². The maximum atomic E-state index is 2.48. The fourth-order valence-corrected chi connectivity index (χ4v) is 10.8. The summed E-state index contributed by atoms with van der Waals surface area (Å²) in [6.45, 7) is 0.